The van der Waals surface area contributed by atoms with E-state index in [1.54, 1.807) is 18.3 Å². The third-order valence-corrected chi connectivity index (χ3v) is 2.77. The van der Waals surface area contributed by atoms with Gasteiger partial charge in [0, 0.05) is 5.02 Å². The highest BCUT2D eigenvalue weighted by Crippen LogP contribution is 2.14. The Morgan fingerprint density at radius 3 is 2.50 bits per heavy atom. The van der Waals surface area contributed by atoms with E-state index >= 15 is 0 Å². The van der Waals surface area contributed by atoms with Crippen LogP contribution in [-0.2, 0) is 6.61 Å². The van der Waals surface area contributed by atoms with Gasteiger partial charge in [-0.15, -0.1) is 0 Å². The molecule has 5 heteroatoms. The second-order valence-corrected chi connectivity index (χ2v) is 4.53. The molecule has 0 spiro atoms. The summed E-state index contributed by atoms with van der Waals surface area (Å²) in [7, 11) is 0. The molecule has 0 aliphatic carbocycles. The van der Waals surface area contributed by atoms with Crippen molar-refractivity contribution in [3.8, 4) is 5.75 Å². The Morgan fingerprint density at radius 2 is 1.94 bits per heavy atom. The zero-order valence-corrected chi connectivity index (χ0v) is 11.0. The van der Waals surface area contributed by atoms with E-state index in [2.05, 4.69) is 4.98 Å². The number of halogens is 1. The fraction of sp³-hybridized carbons (Fsp3) is 0.0769. The van der Waals surface area contributed by atoms with Crippen LogP contribution in [0.2, 0.25) is 5.02 Å². The van der Waals surface area contributed by atoms with Crippen LogP contribution in [0.15, 0.2) is 42.6 Å². The van der Waals surface area contributed by atoms with Crippen LogP contribution in [0.5, 0.6) is 5.75 Å². The first-order valence-electron chi connectivity index (χ1n) is 5.28. The number of nitrogens with zero attached hydrogens (tertiary/aromatic N) is 1. The third-order valence-electron chi connectivity index (χ3n) is 2.31. The highest BCUT2D eigenvalue weighted by Gasteiger charge is 2.00. The summed E-state index contributed by atoms with van der Waals surface area (Å²) >= 11 is 10.6. The van der Waals surface area contributed by atoms with Crippen molar-refractivity contribution < 1.29 is 4.74 Å². The molecule has 1 aromatic carbocycles. The van der Waals surface area contributed by atoms with Crippen LogP contribution >= 0.6 is 23.8 Å². The maximum atomic E-state index is 5.80. The van der Waals surface area contributed by atoms with Gasteiger partial charge >= 0.3 is 0 Å². The Morgan fingerprint density at radius 1 is 1.22 bits per heavy atom. The fourth-order valence-corrected chi connectivity index (χ4v) is 1.61. The van der Waals surface area contributed by atoms with E-state index < -0.39 is 0 Å². The minimum Gasteiger partial charge on any atom is -0.487 e. The molecular weight excluding hydrogens is 268 g/mol. The summed E-state index contributed by atoms with van der Waals surface area (Å²) in [6.07, 6.45) is 1.60. The second-order valence-electron chi connectivity index (χ2n) is 3.66. The number of nitrogens with two attached hydrogens (primary N) is 1. The molecule has 0 aliphatic rings. The van der Waals surface area contributed by atoms with Crippen LogP contribution in [-0.4, -0.2) is 9.97 Å². The topological polar surface area (TPSA) is 48.1 Å². The van der Waals surface area contributed by atoms with Crippen molar-refractivity contribution in [1.82, 2.24) is 4.98 Å². The summed E-state index contributed by atoms with van der Waals surface area (Å²) in [4.78, 5) is 4.37. The predicted molar refractivity (Wildman–Crippen MR) is 75.9 cm³/mol. The highest BCUT2D eigenvalue weighted by atomic mass is 35.5. The Kier molecular flexibility index (Phi) is 4.12. The maximum Gasteiger partial charge on any atom is 0.138 e. The molecule has 0 saturated carbocycles. The average molecular weight is 279 g/mol. The molecule has 0 bridgehead atoms. The average Bonchev–Trinajstić information content (AvgIpc) is 2.38. The van der Waals surface area contributed by atoms with E-state index in [4.69, 9.17) is 34.3 Å². The molecule has 0 radical (unpaired) electrons. The van der Waals surface area contributed by atoms with Gasteiger partial charge in [-0.05, 0) is 29.8 Å². The number of rotatable bonds is 4. The molecular formula is C13H11ClN2OS. The summed E-state index contributed by atoms with van der Waals surface area (Å²) in [6, 6.07) is 11.0. The lowest BCUT2D eigenvalue weighted by Crippen LogP contribution is -2.11. The van der Waals surface area contributed by atoms with Crippen molar-refractivity contribution in [2.24, 2.45) is 5.73 Å². The molecule has 0 amide bonds. The minimum absolute atomic E-state index is 0.277. The van der Waals surface area contributed by atoms with Gasteiger partial charge < -0.3 is 10.5 Å². The molecule has 0 saturated heterocycles. The third kappa shape index (κ3) is 3.42. The number of hydrogen-bond donors (Lipinski definition) is 1. The molecule has 1 aromatic heterocycles. The van der Waals surface area contributed by atoms with Gasteiger partial charge in [0.15, 0.2) is 0 Å². The van der Waals surface area contributed by atoms with E-state index in [0.717, 1.165) is 5.56 Å². The van der Waals surface area contributed by atoms with E-state index in [-0.39, 0.29) is 4.99 Å². The maximum absolute atomic E-state index is 5.80. The Bertz CT molecular complexity index is 540. The first-order chi connectivity index (χ1) is 8.65. The number of ether oxygens (including phenoxy) is 1. The normalized spacial score (nSPS) is 10.1. The molecule has 18 heavy (non-hydrogen) atoms. The van der Waals surface area contributed by atoms with Gasteiger partial charge in [0.05, 0.1) is 11.9 Å². The van der Waals surface area contributed by atoms with Gasteiger partial charge in [0.25, 0.3) is 0 Å². The van der Waals surface area contributed by atoms with Gasteiger partial charge in [-0.3, -0.25) is 0 Å². The summed E-state index contributed by atoms with van der Waals surface area (Å²) in [5.74, 6) is 0.671. The quantitative estimate of drug-likeness (QED) is 0.874. The fourth-order valence-electron chi connectivity index (χ4n) is 1.36. The Hall–Kier alpha value is -1.65. The molecule has 0 atom stereocenters. The van der Waals surface area contributed by atoms with Crippen molar-refractivity contribution in [2.75, 3.05) is 0 Å². The van der Waals surface area contributed by atoms with Crippen LogP contribution in [0.4, 0.5) is 0 Å². The lowest BCUT2D eigenvalue weighted by atomic mass is 10.2. The van der Waals surface area contributed by atoms with Crippen molar-refractivity contribution in [2.45, 2.75) is 6.61 Å². The largest absolute Gasteiger partial charge is 0.487 e. The zero-order chi connectivity index (χ0) is 13.0. The predicted octanol–water partition coefficient (Wildman–Crippen LogP) is 2.95. The minimum atomic E-state index is 0.277. The Labute approximate surface area is 116 Å². The standard InChI is InChI=1S/C13H11ClN2OS/c14-10-3-1-9(2-4-10)8-17-11-5-6-12(13(15)18)16-7-11/h1-7H,8H2,(H2,15,18). The van der Waals surface area contributed by atoms with Crippen LogP contribution in [0.25, 0.3) is 0 Å². The van der Waals surface area contributed by atoms with Gasteiger partial charge in [-0.2, -0.15) is 0 Å². The SMILES string of the molecule is NC(=S)c1ccc(OCc2ccc(Cl)cc2)cn1. The van der Waals surface area contributed by atoms with Gasteiger partial charge in [0.1, 0.15) is 17.3 Å². The molecule has 0 unspecified atom stereocenters. The number of benzene rings is 1. The van der Waals surface area contributed by atoms with Crippen LogP contribution < -0.4 is 10.5 Å². The van der Waals surface area contributed by atoms with Crippen LogP contribution in [0.1, 0.15) is 11.3 Å². The molecule has 2 aromatic rings. The molecule has 3 nitrogen and oxygen atoms in total. The molecule has 2 rings (SSSR count). The molecule has 1 heterocycles. The first-order valence-corrected chi connectivity index (χ1v) is 6.07. The van der Waals surface area contributed by atoms with Gasteiger partial charge in [0.2, 0.25) is 0 Å². The molecule has 0 aliphatic heterocycles. The zero-order valence-electron chi connectivity index (χ0n) is 9.47. The van der Waals surface area contributed by atoms with Crippen molar-refractivity contribution in [3.05, 3.63) is 58.9 Å². The summed E-state index contributed by atoms with van der Waals surface area (Å²) < 4.78 is 5.58. The van der Waals surface area contributed by atoms with E-state index in [9.17, 15) is 0 Å². The smallest absolute Gasteiger partial charge is 0.138 e. The van der Waals surface area contributed by atoms with E-state index in [0.29, 0.717) is 23.1 Å². The first kappa shape index (κ1) is 12.8. The van der Waals surface area contributed by atoms with Crippen LogP contribution in [0, 0.1) is 0 Å². The number of hydrogen-bond acceptors (Lipinski definition) is 3. The Balaban J connectivity index is 1.97. The monoisotopic (exact) mass is 278 g/mol. The van der Waals surface area contributed by atoms with Gasteiger partial charge in [-0.25, -0.2) is 4.98 Å². The van der Waals surface area contributed by atoms with Crippen molar-refractivity contribution >= 4 is 28.8 Å². The molecule has 0 fully saturated rings. The lowest BCUT2D eigenvalue weighted by molar-refractivity contribution is 0.305. The lowest BCUT2D eigenvalue weighted by Gasteiger charge is -2.06. The van der Waals surface area contributed by atoms with Crippen LogP contribution in [0.3, 0.4) is 0 Å². The number of aromatic nitrogens is 1. The highest BCUT2D eigenvalue weighted by molar-refractivity contribution is 7.80. The van der Waals surface area contributed by atoms with Gasteiger partial charge in [-0.1, -0.05) is 36.0 Å². The van der Waals surface area contributed by atoms with Crippen molar-refractivity contribution in [3.63, 3.8) is 0 Å². The summed E-state index contributed by atoms with van der Waals surface area (Å²) in [5.41, 5.74) is 7.09. The van der Waals surface area contributed by atoms with E-state index in [1.165, 1.54) is 0 Å². The van der Waals surface area contributed by atoms with E-state index in [1.807, 2.05) is 24.3 Å². The second kappa shape index (κ2) is 5.80. The molecule has 2 N–H and O–H groups in total. The summed E-state index contributed by atoms with van der Waals surface area (Å²) in [5, 5.41) is 0.709. The number of thiocarbonyl (C=S) groups is 1. The van der Waals surface area contributed by atoms with Crippen molar-refractivity contribution in [1.29, 1.82) is 0 Å². The summed E-state index contributed by atoms with van der Waals surface area (Å²) in [6.45, 7) is 0.464. The number of pyridine rings is 1. The molecule has 92 valence electrons.